The molecule has 5 aliphatic rings. The van der Waals surface area contributed by atoms with Crippen LogP contribution in [0.2, 0.25) is 0 Å². The maximum absolute atomic E-state index is 13.6. The Labute approximate surface area is 305 Å². The maximum Gasteiger partial charge on any atom is 0.323 e. The lowest BCUT2D eigenvalue weighted by atomic mass is 9.34. The highest BCUT2D eigenvalue weighted by Gasteiger charge is 2.72. The lowest BCUT2D eigenvalue weighted by Gasteiger charge is -2.71. The minimum atomic E-state index is -0.836. The van der Waals surface area contributed by atoms with Crippen molar-refractivity contribution in [2.45, 2.75) is 145 Å². The third kappa shape index (κ3) is 6.46. The molecule has 0 aromatic carbocycles. The summed E-state index contributed by atoms with van der Waals surface area (Å²) in [5, 5.41) is 13.8. The Morgan fingerprint density at radius 3 is 2.35 bits per heavy atom. The van der Waals surface area contributed by atoms with Gasteiger partial charge in [0.05, 0.1) is 19.1 Å². The van der Waals surface area contributed by atoms with Gasteiger partial charge in [0.2, 0.25) is 5.91 Å². The summed E-state index contributed by atoms with van der Waals surface area (Å²) >= 11 is 0. The Hall–Kier alpha value is -2.46. The fraction of sp³-hybridized carbons (Fsp3) is 0.854. The second kappa shape index (κ2) is 14.4. The van der Waals surface area contributed by atoms with Gasteiger partial charge < -0.3 is 30.4 Å². The number of unbranched alkanes of at least 4 members (excludes halogenated alkanes) is 1. The average molecular weight is 715 g/mol. The van der Waals surface area contributed by atoms with Gasteiger partial charge in [0.1, 0.15) is 18.2 Å². The second-order valence-corrected chi connectivity index (χ2v) is 18.4. The van der Waals surface area contributed by atoms with E-state index in [-0.39, 0.29) is 34.5 Å². The molecular formula is C41H66N2O8. The zero-order valence-electron chi connectivity index (χ0n) is 32.8. The number of hydrogen-bond acceptors (Lipinski definition) is 8. The number of aliphatic carboxylic acids is 1. The van der Waals surface area contributed by atoms with Crippen molar-refractivity contribution in [2.75, 3.05) is 19.8 Å². The van der Waals surface area contributed by atoms with Crippen molar-refractivity contribution in [3.8, 4) is 0 Å². The van der Waals surface area contributed by atoms with Crippen molar-refractivity contribution in [3.63, 3.8) is 0 Å². The van der Waals surface area contributed by atoms with E-state index in [9.17, 15) is 24.3 Å². The van der Waals surface area contributed by atoms with Crippen molar-refractivity contribution >= 4 is 23.8 Å². The zero-order chi connectivity index (χ0) is 37.7. The molecule has 5 rings (SSSR count). The van der Waals surface area contributed by atoms with Gasteiger partial charge in [0.25, 0.3) is 0 Å². The predicted octanol–water partition coefficient (Wildman–Crippen LogP) is 6.44. The number of carbonyl (C=O) groups is 4. The van der Waals surface area contributed by atoms with Crippen LogP contribution >= 0.6 is 0 Å². The molecule has 2 bridgehead atoms. The number of esters is 2. The molecule has 0 spiro atoms. The van der Waals surface area contributed by atoms with Gasteiger partial charge in [-0.15, -0.1) is 0 Å². The topological polar surface area (TPSA) is 154 Å². The Kier molecular flexibility index (Phi) is 11.2. The molecule has 3 saturated carbocycles. The van der Waals surface area contributed by atoms with Gasteiger partial charge in [0, 0.05) is 30.7 Å². The standard InChI is InChI=1S/C41H66N2O8/c1-10-32(45)43-20-12-11-13-29(42)36(48)51-34-30(50-26(5)44)21-41-23-49-22-38(34,7)31(41)15-14-27-28(41)16-17-40(9)33(35(46)47)37(6,25(4)24(2)3)18-19-39(27,40)8/h16,24-25,27,29-31,33-34H,10-15,17-23,42H2,1-9H3,(H,43,45)(H,46,47)/t25-,27+,29?,30-,31+,33-,34+,37-,38+,39-,40+,41+/m1/s1. The van der Waals surface area contributed by atoms with Gasteiger partial charge in [-0.05, 0) is 97.7 Å². The minimum Gasteiger partial charge on any atom is -0.481 e. The molecule has 51 heavy (non-hydrogen) atoms. The smallest absolute Gasteiger partial charge is 0.323 e. The Balaban J connectivity index is 1.45. The molecular weight excluding hydrogens is 648 g/mol. The zero-order valence-corrected chi connectivity index (χ0v) is 32.8. The van der Waals surface area contributed by atoms with Crippen molar-refractivity contribution < 1.29 is 38.5 Å². The van der Waals surface area contributed by atoms with Gasteiger partial charge in [-0.25, -0.2) is 0 Å². The largest absolute Gasteiger partial charge is 0.481 e. The molecule has 1 unspecified atom stereocenters. The van der Waals surface area contributed by atoms with Gasteiger partial charge in [0.15, 0.2) is 0 Å². The quantitative estimate of drug-likeness (QED) is 0.118. The van der Waals surface area contributed by atoms with Crippen molar-refractivity contribution in [3.05, 3.63) is 11.6 Å². The van der Waals surface area contributed by atoms with E-state index >= 15 is 0 Å². The summed E-state index contributed by atoms with van der Waals surface area (Å²) in [5.41, 5.74) is 5.66. The number of carboxylic acids is 1. The van der Waals surface area contributed by atoms with Crippen LogP contribution in [-0.4, -0.2) is 66.9 Å². The summed E-state index contributed by atoms with van der Waals surface area (Å²) < 4.78 is 18.9. The first-order valence-electron chi connectivity index (χ1n) is 19.7. The third-order valence-corrected chi connectivity index (χ3v) is 15.5. The molecule has 1 aliphatic heterocycles. The molecule has 0 aromatic heterocycles. The molecule has 1 amide bonds. The monoisotopic (exact) mass is 714 g/mol. The number of carboxylic acid groups (broad SMARTS) is 1. The summed E-state index contributed by atoms with van der Waals surface area (Å²) in [5.74, 6) is -1.16. The van der Waals surface area contributed by atoms with Gasteiger partial charge in [-0.2, -0.15) is 0 Å². The number of ether oxygens (including phenoxy) is 3. The molecule has 1 heterocycles. The van der Waals surface area contributed by atoms with Crippen LogP contribution in [0.15, 0.2) is 11.6 Å². The van der Waals surface area contributed by atoms with Crippen molar-refractivity contribution in [1.82, 2.24) is 5.32 Å². The summed E-state index contributed by atoms with van der Waals surface area (Å²) in [6.07, 6.45) is 8.00. The normalized spacial score (nSPS) is 41.2. The van der Waals surface area contributed by atoms with Crippen LogP contribution < -0.4 is 11.1 Å². The number of nitrogens with one attached hydrogen (secondary N) is 1. The molecule has 10 nitrogen and oxygen atoms in total. The number of allylic oxidation sites excluding steroid dienone is 1. The van der Waals surface area contributed by atoms with Crippen LogP contribution in [0.25, 0.3) is 0 Å². The number of rotatable bonds is 12. The second-order valence-electron chi connectivity index (χ2n) is 18.4. The van der Waals surface area contributed by atoms with Crippen molar-refractivity contribution in [1.29, 1.82) is 0 Å². The first kappa shape index (κ1) is 39.7. The van der Waals surface area contributed by atoms with Crippen LogP contribution in [0.5, 0.6) is 0 Å². The predicted molar refractivity (Wildman–Crippen MR) is 194 cm³/mol. The van der Waals surface area contributed by atoms with Gasteiger partial charge in [-0.1, -0.05) is 67.0 Å². The van der Waals surface area contributed by atoms with E-state index in [1.165, 1.54) is 12.5 Å². The number of fused-ring (bicyclic) bond motifs is 3. The molecule has 4 N–H and O–H groups in total. The van der Waals surface area contributed by atoms with Crippen LogP contribution in [0.1, 0.15) is 127 Å². The van der Waals surface area contributed by atoms with Crippen molar-refractivity contribution in [2.24, 2.45) is 62.4 Å². The molecule has 0 aromatic rings. The molecule has 12 atom stereocenters. The van der Waals surface area contributed by atoms with E-state index in [0.717, 1.165) is 25.7 Å². The molecule has 4 fully saturated rings. The summed E-state index contributed by atoms with van der Waals surface area (Å²) in [6.45, 7) is 20.2. The van der Waals surface area contributed by atoms with E-state index < -0.39 is 58.3 Å². The number of nitrogens with two attached hydrogens (primary N) is 1. The Bertz CT molecular complexity index is 1400. The number of carbonyl (C=O) groups excluding carboxylic acids is 3. The highest BCUT2D eigenvalue weighted by Crippen LogP contribution is 2.75. The summed E-state index contributed by atoms with van der Waals surface area (Å²) in [7, 11) is 0. The summed E-state index contributed by atoms with van der Waals surface area (Å²) in [6, 6.07) is -0.836. The fourth-order valence-electron chi connectivity index (χ4n) is 12.3. The lowest BCUT2D eigenvalue weighted by molar-refractivity contribution is -0.263. The maximum atomic E-state index is 13.6. The Morgan fingerprint density at radius 2 is 1.73 bits per heavy atom. The van der Waals surface area contributed by atoms with Crippen LogP contribution in [0.3, 0.4) is 0 Å². The minimum absolute atomic E-state index is 0.00450. The first-order chi connectivity index (χ1) is 23.8. The van der Waals surface area contributed by atoms with Crippen LogP contribution in [0, 0.1) is 56.7 Å². The average Bonchev–Trinajstić information content (AvgIpc) is 3.05. The van der Waals surface area contributed by atoms with E-state index in [4.69, 9.17) is 19.9 Å². The molecule has 4 aliphatic carbocycles. The van der Waals surface area contributed by atoms with Crippen LogP contribution in [-0.2, 0) is 33.4 Å². The molecule has 0 radical (unpaired) electrons. The fourth-order valence-corrected chi connectivity index (χ4v) is 12.3. The summed E-state index contributed by atoms with van der Waals surface area (Å²) in [4.78, 5) is 51.1. The van der Waals surface area contributed by atoms with E-state index in [1.807, 2.05) is 0 Å². The van der Waals surface area contributed by atoms with E-state index in [1.54, 1.807) is 6.92 Å². The van der Waals surface area contributed by atoms with Gasteiger partial charge >= 0.3 is 17.9 Å². The lowest BCUT2D eigenvalue weighted by Crippen LogP contribution is -2.70. The number of amides is 1. The first-order valence-corrected chi connectivity index (χ1v) is 19.7. The third-order valence-electron chi connectivity index (χ3n) is 15.5. The molecule has 10 heteroatoms. The van der Waals surface area contributed by atoms with Gasteiger partial charge in [-0.3, -0.25) is 19.2 Å². The SMILES string of the molecule is CCC(=O)NCCCCC(N)C(=O)O[C@H]1[C@H](OC(C)=O)C[C@@]23COC[C@@]1(C)[C@@H]2CC[C@H]1C3=CC[C@@]2(C)[C@H](C(=O)O)[C@@](C)([C@H](C)C(C)C)CC[C@]12C. The highest BCUT2D eigenvalue weighted by atomic mass is 16.6. The number of hydrogen-bond donors (Lipinski definition) is 3. The van der Waals surface area contributed by atoms with E-state index in [2.05, 4.69) is 59.9 Å². The molecule has 1 saturated heterocycles. The highest BCUT2D eigenvalue weighted by molar-refractivity contribution is 5.76. The molecule has 288 valence electrons. The van der Waals surface area contributed by atoms with Crippen LogP contribution in [0.4, 0.5) is 0 Å². The Morgan fingerprint density at radius 1 is 1.02 bits per heavy atom. The van der Waals surface area contributed by atoms with E-state index in [0.29, 0.717) is 64.2 Å².